The van der Waals surface area contributed by atoms with Crippen molar-refractivity contribution in [3.05, 3.63) is 102 Å². The summed E-state index contributed by atoms with van der Waals surface area (Å²) in [6.07, 6.45) is 1.87. The lowest BCUT2D eigenvalue weighted by molar-refractivity contribution is -0.122. The topological polar surface area (TPSA) is 52.9 Å². The molecule has 1 fully saturated rings. The van der Waals surface area contributed by atoms with Gasteiger partial charge >= 0.3 is 0 Å². The van der Waals surface area contributed by atoms with E-state index in [1.165, 1.54) is 11.8 Å². The molecule has 1 amide bonds. The van der Waals surface area contributed by atoms with Crippen molar-refractivity contribution in [2.24, 2.45) is 4.99 Å². The van der Waals surface area contributed by atoms with Crippen LogP contribution < -0.4 is 0 Å². The molecule has 1 saturated heterocycles. The number of amides is 1. The summed E-state index contributed by atoms with van der Waals surface area (Å²) in [7, 11) is 0. The number of aromatic hydroxyl groups is 1. The smallest absolute Gasteiger partial charge is 0.267 e. The molecule has 0 saturated carbocycles. The number of phenols is 1. The lowest BCUT2D eigenvalue weighted by Crippen LogP contribution is -2.28. The first kappa shape index (κ1) is 22.3. The molecule has 0 aliphatic carbocycles. The molecule has 0 bridgehead atoms. The summed E-state index contributed by atoms with van der Waals surface area (Å²) in [5.74, 6) is 0.211. The maximum Gasteiger partial charge on any atom is 0.267 e. The van der Waals surface area contributed by atoms with E-state index in [2.05, 4.69) is 45.2 Å². The van der Waals surface area contributed by atoms with E-state index in [0.717, 1.165) is 23.8 Å². The van der Waals surface area contributed by atoms with Crippen LogP contribution in [0.3, 0.4) is 0 Å². The average molecular weight is 652 g/mol. The van der Waals surface area contributed by atoms with Crippen LogP contribution in [0, 0.1) is 7.14 Å². The van der Waals surface area contributed by atoms with Gasteiger partial charge in [0.05, 0.1) is 25.1 Å². The van der Waals surface area contributed by atoms with Gasteiger partial charge in [-0.3, -0.25) is 14.7 Å². The fraction of sp³-hybridized carbons (Fsp3) is 0.0833. The highest BCUT2D eigenvalue weighted by Gasteiger charge is 2.33. The van der Waals surface area contributed by atoms with Gasteiger partial charge in [-0.1, -0.05) is 60.7 Å². The molecule has 0 unspecified atom stereocenters. The molecule has 3 aromatic carbocycles. The Kier molecular flexibility index (Phi) is 7.34. The number of nitrogens with zero attached hydrogens (tertiary/aromatic N) is 2. The molecule has 1 aliphatic rings. The first-order valence-corrected chi connectivity index (χ1v) is 12.5. The van der Waals surface area contributed by atoms with Crippen molar-refractivity contribution in [2.45, 2.75) is 13.1 Å². The zero-order valence-electron chi connectivity index (χ0n) is 16.3. The monoisotopic (exact) mass is 652 g/mol. The largest absolute Gasteiger partial charge is 0.506 e. The number of hydrogen-bond acceptors (Lipinski definition) is 4. The Morgan fingerprint density at radius 2 is 1.52 bits per heavy atom. The number of thioether (sulfide) groups is 1. The molecule has 0 aromatic heterocycles. The molecule has 1 aliphatic heterocycles. The molecule has 4 nitrogen and oxygen atoms in total. The fourth-order valence-corrected chi connectivity index (χ4v) is 5.89. The third kappa shape index (κ3) is 5.50. The summed E-state index contributed by atoms with van der Waals surface area (Å²) in [5, 5.41) is 10.7. The maximum absolute atomic E-state index is 13.3. The number of aliphatic imine (C=N–C) groups is 1. The Labute approximate surface area is 212 Å². The van der Waals surface area contributed by atoms with Crippen LogP contribution in [0.5, 0.6) is 5.75 Å². The first-order chi connectivity index (χ1) is 15.0. The molecule has 0 radical (unpaired) electrons. The van der Waals surface area contributed by atoms with Crippen LogP contribution in [0.4, 0.5) is 0 Å². The lowest BCUT2D eigenvalue weighted by atomic mass is 10.2. The minimum absolute atomic E-state index is 0.0567. The van der Waals surface area contributed by atoms with E-state index >= 15 is 0 Å². The third-order valence-electron chi connectivity index (χ3n) is 4.65. The minimum atomic E-state index is -0.0567. The number of hydrogen-bond donors (Lipinski definition) is 1. The SMILES string of the molecule is O=C1/C(=C\c2cc(I)c(O)c(I)c2)SC(=NCc2ccccc2)N1Cc1ccccc1. The molecule has 0 atom stereocenters. The maximum atomic E-state index is 13.3. The summed E-state index contributed by atoms with van der Waals surface area (Å²) >= 11 is 5.60. The fourth-order valence-electron chi connectivity index (χ4n) is 3.09. The van der Waals surface area contributed by atoms with Crippen molar-refractivity contribution in [1.29, 1.82) is 0 Å². The number of rotatable bonds is 5. The normalized spacial score (nSPS) is 16.5. The predicted octanol–water partition coefficient (Wildman–Crippen LogP) is 6.27. The van der Waals surface area contributed by atoms with Gasteiger partial charge in [0.15, 0.2) is 5.17 Å². The van der Waals surface area contributed by atoms with E-state index in [9.17, 15) is 9.90 Å². The van der Waals surface area contributed by atoms with Crippen molar-refractivity contribution in [1.82, 2.24) is 4.90 Å². The number of halogens is 2. The summed E-state index contributed by atoms with van der Waals surface area (Å²) in [6, 6.07) is 23.7. The van der Waals surface area contributed by atoms with Gasteiger partial charge in [0, 0.05) is 0 Å². The average Bonchev–Trinajstić information content (AvgIpc) is 3.06. The Morgan fingerprint density at radius 3 is 2.13 bits per heavy atom. The van der Waals surface area contributed by atoms with Crippen LogP contribution in [0.1, 0.15) is 16.7 Å². The van der Waals surface area contributed by atoms with E-state index in [4.69, 9.17) is 4.99 Å². The van der Waals surface area contributed by atoms with Crippen LogP contribution >= 0.6 is 56.9 Å². The second-order valence-corrected chi connectivity index (χ2v) is 10.2. The number of carbonyl (C=O) groups is 1. The van der Waals surface area contributed by atoms with Crippen LogP contribution in [0.25, 0.3) is 6.08 Å². The zero-order chi connectivity index (χ0) is 21.8. The lowest BCUT2D eigenvalue weighted by Gasteiger charge is -2.15. The Bertz CT molecular complexity index is 1140. The number of carbonyl (C=O) groups excluding carboxylic acids is 1. The van der Waals surface area contributed by atoms with Crippen molar-refractivity contribution < 1.29 is 9.90 Å². The quantitative estimate of drug-likeness (QED) is 0.261. The molecule has 0 spiro atoms. The molecule has 1 heterocycles. The standard InChI is InChI=1S/C24H18I2N2O2S/c25-19-11-18(12-20(26)22(19)29)13-21-23(30)28(15-17-9-5-2-6-10-17)24(31-21)27-14-16-7-3-1-4-8-16/h1-13,29H,14-15H2/b21-13+,27-24?. The van der Waals surface area contributed by atoms with Gasteiger partial charge in [0.25, 0.3) is 5.91 Å². The van der Waals surface area contributed by atoms with Crippen LogP contribution in [-0.2, 0) is 17.9 Å². The van der Waals surface area contributed by atoms with Gasteiger partial charge in [-0.2, -0.15) is 0 Å². The minimum Gasteiger partial charge on any atom is -0.506 e. The van der Waals surface area contributed by atoms with Gasteiger partial charge < -0.3 is 5.11 Å². The van der Waals surface area contributed by atoms with Gasteiger partial charge in [-0.25, -0.2) is 0 Å². The van der Waals surface area contributed by atoms with E-state index in [-0.39, 0.29) is 11.7 Å². The molecular weight excluding hydrogens is 634 g/mol. The van der Waals surface area contributed by atoms with Gasteiger partial charge in [0.1, 0.15) is 5.75 Å². The van der Waals surface area contributed by atoms with E-state index in [1.807, 2.05) is 78.9 Å². The molecule has 3 aromatic rings. The summed E-state index contributed by atoms with van der Waals surface area (Å²) in [5.41, 5.74) is 3.04. The van der Waals surface area contributed by atoms with E-state index < -0.39 is 0 Å². The van der Waals surface area contributed by atoms with E-state index in [0.29, 0.717) is 23.2 Å². The van der Waals surface area contributed by atoms with Crippen molar-refractivity contribution in [2.75, 3.05) is 0 Å². The van der Waals surface area contributed by atoms with Gasteiger partial charge in [0.2, 0.25) is 0 Å². The molecule has 4 rings (SSSR count). The summed E-state index contributed by atoms with van der Waals surface area (Å²) in [4.78, 5) is 20.4. The van der Waals surface area contributed by atoms with Crippen LogP contribution in [0.2, 0.25) is 0 Å². The first-order valence-electron chi connectivity index (χ1n) is 9.53. The Balaban J connectivity index is 1.66. The molecule has 156 valence electrons. The molecule has 7 heteroatoms. The van der Waals surface area contributed by atoms with Crippen molar-refractivity contribution in [3.8, 4) is 5.75 Å². The second kappa shape index (κ2) is 10.2. The highest BCUT2D eigenvalue weighted by Crippen LogP contribution is 2.35. The van der Waals surface area contributed by atoms with E-state index in [1.54, 1.807) is 4.90 Å². The molecule has 31 heavy (non-hydrogen) atoms. The third-order valence-corrected chi connectivity index (χ3v) is 7.34. The van der Waals surface area contributed by atoms with Gasteiger partial charge in [-0.15, -0.1) is 0 Å². The van der Waals surface area contributed by atoms with Gasteiger partial charge in [-0.05, 0) is 91.8 Å². The van der Waals surface area contributed by atoms with Crippen molar-refractivity contribution >= 4 is 74.1 Å². The number of amidine groups is 1. The molecular formula is C24H18I2N2O2S. The molecule has 1 N–H and O–H groups in total. The van der Waals surface area contributed by atoms with Crippen molar-refractivity contribution in [3.63, 3.8) is 0 Å². The highest BCUT2D eigenvalue weighted by molar-refractivity contribution is 14.1. The summed E-state index contributed by atoms with van der Waals surface area (Å²) in [6.45, 7) is 0.992. The second-order valence-electron chi connectivity index (χ2n) is 6.91. The predicted molar refractivity (Wildman–Crippen MR) is 144 cm³/mol. The number of phenolic OH excluding ortho intramolecular Hbond substituents is 1. The summed E-state index contributed by atoms with van der Waals surface area (Å²) < 4.78 is 1.51. The van der Waals surface area contributed by atoms with Crippen LogP contribution in [0.15, 0.2) is 82.7 Å². The highest BCUT2D eigenvalue weighted by atomic mass is 127. The zero-order valence-corrected chi connectivity index (χ0v) is 21.5. The Hall–Kier alpha value is -1.85. The van der Waals surface area contributed by atoms with Crippen LogP contribution in [-0.4, -0.2) is 21.1 Å². The number of benzene rings is 3. The Morgan fingerprint density at radius 1 is 0.935 bits per heavy atom.